The van der Waals surface area contributed by atoms with Crippen LogP contribution in [0.15, 0.2) is 78.4 Å². The molecule has 2 aromatic carbocycles. The van der Waals surface area contributed by atoms with Crippen LogP contribution in [0.3, 0.4) is 0 Å². The number of ether oxygens (including phenoxy) is 1. The molecule has 2 aliphatic carbocycles. The zero-order valence-corrected chi connectivity index (χ0v) is 21.5. The van der Waals surface area contributed by atoms with Gasteiger partial charge in [-0.15, -0.1) is 0 Å². The molecule has 0 saturated heterocycles. The van der Waals surface area contributed by atoms with E-state index in [0.717, 1.165) is 24.0 Å². The Hall–Kier alpha value is -3.05. The molecule has 0 amide bonds. The molecule has 0 saturated carbocycles. The SMILES string of the molecule is CCCC(O)C1C=CC(c2ccc(CCc3ccc(C4CC=C(OCC)C=C4F)cc3)c(F)c2F)=CC1. The zero-order chi connectivity index (χ0) is 26.4. The van der Waals surface area contributed by atoms with E-state index in [4.69, 9.17) is 4.74 Å². The molecule has 3 atom stereocenters. The molecule has 196 valence electrons. The Morgan fingerprint density at radius 3 is 2.38 bits per heavy atom. The van der Waals surface area contributed by atoms with Gasteiger partial charge in [0.25, 0.3) is 0 Å². The summed E-state index contributed by atoms with van der Waals surface area (Å²) in [7, 11) is 0. The number of benzene rings is 2. The summed E-state index contributed by atoms with van der Waals surface area (Å²) in [4.78, 5) is 0. The van der Waals surface area contributed by atoms with E-state index in [-0.39, 0.29) is 23.2 Å². The first-order chi connectivity index (χ1) is 17.9. The van der Waals surface area contributed by atoms with Crippen LogP contribution in [0.4, 0.5) is 13.2 Å². The second-order valence-electron chi connectivity index (χ2n) is 9.77. The standard InChI is InChI=1S/C32H35F3O2/c1-3-5-30(36)24-14-12-23(13-15-24)28-18-16-25(31(34)32(28)35)11-8-21-6-9-22(10-7-21)27-19-17-26(37-4-2)20-29(27)33/h6-7,9-10,12-14,16-18,20,24,27,30,36H,3-5,8,11,15,19H2,1-2H3. The van der Waals surface area contributed by atoms with E-state index in [0.29, 0.717) is 49.2 Å². The van der Waals surface area contributed by atoms with Gasteiger partial charge in [-0.2, -0.15) is 0 Å². The summed E-state index contributed by atoms with van der Waals surface area (Å²) in [5.74, 6) is -1.62. The van der Waals surface area contributed by atoms with Gasteiger partial charge in [0.15, 0.2) is 11.6 Å². The van der Waals surface area contributed by atoms with Crippen LogP contribution >= 0.6 is 0 Å². The van der Waals surface area contributed by atoms with Crippen LogP contribution in [0.2, 0.25) is 0 Å². The molecular weight excluding hydrogens is 473 g/mol. The summed E-state index contributed by atoms with van der Waals surface area (Å²) in [6, 6.07) is 10.9. The molecule has 5 heteroatoms. The molecular formula is C32H35F3O2. The predicted molar refractivity (Wildman–Crippen MR) is 143 cm³/mol. The Labute approximate surface area is 217 Å². The highest BCUT2D eigenvalue weighted by Gasteiger charge is 2.22. The normalized spacial score (nSPS) is 20.2. The lowest BCUT2D eigenvalue weighted by atomic mass is 9.87. The van der Waals surface area contributed by atoms with Crippen molar-refractivity contribution in [3.63, 3.8) is 0 Å². The third-order valence-electron chi connectivity index (χ3n) is 7.23. The molecule has 2 aromatic rings. The third kappa shape index (κ3) is 6.45. The zero-order valence-electron chi connectivity index (χ0n) is 21.5. The van der Waals surface area contributed by atoms with Crippen molar-refractivity contribution in [1.29, 1.82) is 0 Å². The summed E-state index contributed by atoms with van der Waals surface area (Å²) in [6.07, 6.45) is 12.2. The van der Waals surface area contributed by atoms with E-state index in [1.54, 1.807) is 18.2 Å². The van der Waals surface area contributed by atoms with Crippen molar-refractivity contribution < 1.29 is 23.0 Å². The average Bonchev–Trinajstić information content (AvgIpc) is 2.90. The highest BCUT2D eigenvalue weighted by Crippen LogP contribution is 2.35. The maximum absolute atomic E-state index is 15.0. The Morgan fingerprint density at radius 1 is 0.946 bits per heavy atom. The molecule has 1 N–H and O–H groups in total. The molecule has 37 heavy (non-hydrogen) atoms. The molecule has 4 rings (SSSR count). The minimum absolute atomic E-state index is 0.0110. The van der Waals surface area contributed by atoms with Gasteiger partial charge in [0.1, 0.15) is 11.6 Å². The van der Waals surface area contributed by atoms with Crippen LogP contribution in [0.1, 0.15) is 67.7 Å². The van der Waals surface area contributed by atoms with Crippen molar-refractivity contribution >= 4 is 5.57 Å². The monoisotopic (exact) mass is 508 g/mol. The second kappa shape index (κ2) is 12.5. The van der Waals surface area contributed by atoms with Gasteiger partial charge >= 0.3 is 0 Å². The molecule has 0 spiro atoms. The Morgan fingerprint density at radius 2 is 1.73 bits per heavy atom. The molecule has 0 heterocycles. The van der Waals surface area contributed by atoms with E-state index in [1.165, 1.54) is 6.08 Å². The highest BCUT2D eigenvalue weighted by molar-refractivity contribution is 5.75. The maximum atomic E-state index is 15.0. The van der Waals surface area contributed by atoms with Crippen molar-refractivity contribution in [2.45, 2.75) is 64.4 Å². The van der Waals surface area contributed by atoms with Crippen molar-refractivity contribution in [3.8, 4) is 0 Å². The van der Waals surface area contributed by atoms with Gasteiger partial charge in [-0.25, -0.2) is 13.2 Å². The quantitative estimate of drug-likeness (QED) is 0.351. The number of aryl methyl sites for hydroxylation is 2. The predicted octanol–water partition coefficient (Wildman–Crippen LogP) is 8.13. The third-order valence-corrected chi connectivity index (χ3v) is 7.23. The number of aliphatic hydroxyl groups is 1. The van der Waals surface area contributed by atoms with Crippen LogP contribution < -0.4 is 0 Å². The Balaban J connectivity index is 1.37. The first-order valence-corrected chi connectivity index (χ1v) is 13.2. The lowest BCUT2D eigenvalue weighted by molar-refractivity contribution is 0.120. The van der Waals surface area contributed by atoms with Gasteiger partial charge in [-0.05, 0) is 67.4 Å². The molecule has 2 nitrogen and oxygen atoms in total. The number of hydrogen-bond acceptors (Lipinski definition) is 2. The highest BCUT2D eigenvalue weighted by atomic mass is 19.2. The lowest BCUT2D eigenvalue weighted by Crippen LogP contribution is -2.19. The second-order valence-corrected chi connectivity index (χ2v) is 9.77. The van der Waals surface area contributed by atoms with Gasteiger partial charge in [0, 0.05) is 23.5 Å². The molecule has 0 fully saturated rings. The van der Waals surface area contributed by atoms with Gasteiger partial charge in [0.2, 0.25) is 0 Å². The topological polar surface area (TPSA) is 29.5 Å². The van der Waals surface area contributed by atoms with Gasteiger partial charge in [-0.3, -0.25) is 0 Å². The molecule has 3 unspecified atom stereocenters. The minimum Gasteiger partial charge on any atom is -0.494 e. The first kappa shape index (κ1) is 27.0. The fourth-order valence-electron chi connectivity index (χ4n) is 5.04. The summed E-state index contributed by atoms with van der Waals surface area (Å²) in [5, 5.41) is 10.2. The average molecular weight is 509 g/mol. The number of allylic oxidation sites excluding steroid dienone is 6. The number of halogens is 3. The van der Waals surface area contributed by atoms with Crippen molar-refractivity contribution in [2.75, 3.05) is 6.61 Å². The Kier molecular flexibility index (Phi) is 9.09. The van der Waals surface area contributed by atoms with Crippen LogP contribution in [-0.2, 0) is 17.6 Å². The smallest absolute Gasteiger partial charge is 0.166 e. The fourth-order valence-corrected chi connectivity index (χ4v) is 5.04. The molecule has 2 aliphatic rings. The number of rotatable bonds is 10. The van der Waals surface area contributed by atoms with Crippen molar-refractivity contribution in [1.82, 2.24) is 0 Å². The molecule has 0 aliphatic heterocycles. The van der Waals surface area contributed by atoms with E-state index in [9.17, 15) is 18.3 Å². The van der Waals surface area contributed by atoms with Gasteiger partial charge in [-0.1, -0.05) is 68.0 Å². The van der Waals surface area contributed by atoms with Gasteiger partial charge in [0.05, 0.1) is 12.7 Å². The van der Waals surface area contributed by atoms with Crippen molar-refractivity contribution in [2.24, 2.45) is 5.92 Å². The maximum Gasteiger partial charge on any atom is 0.166 e. The van der Waals surface area contributed by atoms with E-state index < -0.39 is 17.7 Å². The summed E-state index contributed by atoms with van der Waals surface area (Å²) < 4.78 is 49.8. The number of aliphatic hydroxyl groups excluding tert-OH is 1. The van der Waals surface area contributed by atoms with Crippen LogP contribution in [0.25, 0.3) is 5.57 Å². The summed E-state index contributed by atoms with van der Waals surface area (Å²) >= 11 is 0. The molecule has 0 radical (unpaired) electrons. The largest absolute Gasteiger partial charge is 0.494 e. The van der Waals surface area contributed by atoms with Crippen molar-refractivity contribution in [3.05, 3.63) is 112 Å². The fraction of sp³-hybridized carbons (Fsp3) is 0.375. The first-order valence-electron chi connectivity index (χ1n) is 13.2. The number of hydrogen-bond donors (Lipinski definition) is 1. The van der Waals surface area contributed by atoms with Crippen LogP contribution in [0.5, 0.6) is 0 Å². The van der Waals surface area contributed by atoms with Gasteiger partial charge < -0.3 is 9.84 Å². The van der Waals surface area contributed by atoms with Crippen LogP contribution in [0, 0.1) is 17.6 Å². The van der Waals surface area contributed by atoms with E-state index >= 15 is 0 Å². The van der Waals surface area contributed by atoms with E-state index in [2.05, 4.69) is 0 Å². The summed E-state index contributed by atoms with van der Waals surface area (Å²) in [5.41, 5.74) is 3.08. The summed E-state index contributed by atoms with van der Waals surface area (Å²) in [6.45, 7) is 4.40. The van der Waals surface area contributed by atoms with E-state index in [1.807, 2.05) is 56.3 Å². The molecule has 0 aromatic heterocycles. The molecule has 0 bridgehead atoms. The Bertz CT molecular complexity index is 1210. The lowest BCUT2D eigenvalue weighted by Gasteiger charge is -2.22. The van der Waals surface area contributed by atoms with Crippen LogP contribution in [-0.4, -0.2) is 17.8 Å². The minimum atomic E-state index is -0.838.